The molecule has 0 saturated heterocycles. The Morgan fingerprint density at radius 3 is 2.70 bits per heavy atom. The third-order valence-corrected chi connectivity index (χ3v) is 5.00. The second-order valence-electron chi connectivity index (χ2n) is 6.78. The van der Waals surface area contributed by atoms with Crippen molar-refractivity contribution in [1.29, 1.82) is 0 Å². The maximum atomic E-state index is 5.56. The van der Waals surface area contributed by atoms with Gasteiger partial charge >= 0.3 is 0 Å². The summed E-state index contributed by atoms with van der Waals surface area (Å²) in [7, 11) is 2.07. The molecule has 3 N–H and O–H groups in total. The van der Waals surface area contributed by atoms with Crippen LogP contribution in [0.5, 0.6) is 0 Å². The molecule has 0 atom stereocenters. The first-order valence-electron chi connectivity index (χ1n) is 9.31. The number of hydrogen-bond donors (Lipinski definition) is 2. The lowest BCUT2D eigenvalue weighted by Gasteiger charge is -2.20. The molecular formula is C19H24N8. The van der Waals surface area contributed by atoms with Crippen molar-refractivity contribution in [3.05, 3.63) is 43.2 Å². The van der Waals surface area contributed by atoms with Gasteiger partial charge in [0.25, 0.3) is 0 Å². The van der Waals surface area contributed by atoms with Crippen molar-refractivity contribution >= 4 is 17.2 Å². The number of nitrogens with two attached hydrogens (primary N) is 1. The van der Waals surface area contributed by atoms with E-state index < -0.39 is 0 Å². The molecule has 0 aliphatic heterocycles. The summed E-state index contributed by atoms with van der Waals surface area (Å²) in [4.78, 5) is 12.4. The molecule has 0 bridgehead atoms. The Hall–Kier alpha value is -3.00. The van der Waals surface area contributed by atoms with E-state index in [2.05, 4.69) is 32.4 Å². The first-order chi connectivity index (χ1) is 13.2. The van der Waals surface area contributed by atoms with Crippen molar-refractivity contribution in [2.24, 2.45) is 0 Å². The predicted octanol–water partition coefficient (Wildman–Crippen LogP) is 2.56. The number of aromatic nitrogens is 6. The fourth-order valence-electron chi connectivity index (χ4n) is 3.50. The minimum atomic E-state index is 0.248. The van der Waals surface area contributed by atoms with Crippen LogP contribution in [-0.2, 0) is 0 Å². The van der Waals surface area contributed by atoms with Crippen LogP contribution in [0.25, 0.3) is 22.4 Å². The lowest BCUT2D eigenvalue weighted by atomic mass is 9.96. The number of nitrogens with zero attached hydrogens (tertiary/aromatic N) is 6. The molecule has 8 heteroatoms. The minimum absolute atomic E-state index is 0.248. The smallest absolute Gasteiger partial charge is 0.238 e. The van der Waals surface area contributed by atoms with E-state index in [1.54, 1.807) is 23.1 Å². The van der Waals surface area contributed by atoms with Crippen molar-refractivity contribution in [2.75, 3.05) is 12.8 Å². The van der Waals surface area contributed by atoms with Crippen molar-refractivity contribution < 1.29 is 0 Å². The Labute approximate surface area is 157 Å². The van der Waals surface area contributed by atoms with Crippen molar-refractivity contribution in [3.63, 3.8) is 0 Å². The summed E-state index contributed by atoms with van der Waals surface area (Å²) in [6.45, 7) is 0. The lowest BCUT2D eigenvalue weighted by molar-refractivity contribution is 0.394. The second kappa shape index (κ2) is 7.71. The van der Waals surface area contributed by atoms with E-state index in [0.717, 1.165) is 22.7 Å². The van der Waals surface area contributed by atoms with E-state index >= 15 is 0 Å². The average Bonchev–Trinajstić information content (AvgIpc) is 3.34. The van der Waals surface area contributed by atoms with Gasteiger partial charge in [-0.05, 0) is 26.0 Å². The minimum Gasteiger partial charge on any atom is -0.367 e. The van der Waals surface area contributed by atoms with Gasteiger partial charge in [-0.2, -0.15) is 0 Å². The summed E-state index contributed by atoms with van der Waals surface area (Å²) in [5, 5.41) is 7.42. The van der Waals surface area contributed by atoms with Crippen molar-refractivity contribution in [2.45, 2.75) is 38.1 Å². The summed E-state index contributed by atoms with van der Waals surface area (Å²) in [6, 6.07) is 2.80. The number of fused-ring (bicyclic) bond motifs is 2. The van der Waals surface area contributed by atoms with Gasteiger partial charge in [-0.3, -0.25) is 4.40 Å². The summed E-state index contributed by atoms with van der Waals surface area (Å²) in [5.74, 6) is 0.922. The van der Waals surface area contributed by atoms with Crippen LogP contribution < -0.4 is 11.1 Å². The summed E-state index contributed by atoms with van der Waals surface area (Å²) in [5.41, 5.74) is 8.43. The van der Waals surface area contributed by atoms with Crippen LogP contribution in [-0.4, -0.2) is 42.1 Å². The standard InChI is InChI=1S/C12H9N7.C7H15N/c13-11-15-6-10-9(1-3-19(10)17-11)8-5-16-12-14-2-4-18(12)7-8;1-8-7-5-3-2-4-6-7/h1-7H,(H2,13,17);7-8H,2-6H2,1H3. The molecule has 0 unspecified atom stereocenters. The predicted molar refractivity (Wildman–Crippen MR) is 105 cm³/mol. The van der Waals surface area contributed by atoms with E-state index in [4.69, 9.17) is 5.73 Å². The molecule has 4 aromatic heterocycles. The highest BCUT2D eigenvalue weighted by Gasteiger charge is 2.09. The molecule has 1 aliphatic rings. The largest absolute Gasteiger partial charge is 0.367 e. The number of nitrogen functional groups attached to an aromatic ring is 1. The highest BCUT2D eigenvalue weighted by atomic mass is 15.3. The number of nitrogens with one attached hydrogen (secondary N) is 1. The molecule has 0 radical (unpaired) electrons. The van der Waals surface area contributed by atoms with Crippen molar-refractivity contribution in [1.82, 2.24) is 34.3 Å². The Bertz CT molecular complexity index is 1030. The van der Waals surface area contributed by atoms with Crippen LogP contribution in [0.3, 0.4) is 0 Å². The first-order valence-corrected chi connectivity index (χ1v) is 9.31. The number of hydrogen-bond acceptors (Lipinski definition) is 6. The van der Waals surface area contributed by atoms with Crippen LogP contribution in [0.15, 0.2) is 43.2 Å². The maximum absolute atomic E-state index is 5.56. The fraction of sp³-hybridized carbons (Fsp3) is 0.368. The van der Waals surface area contributed by atoms with Crippen LogP contribution in [0.4, 0.5) is 5.95 Å². The molecule has 4 heterocycles. The van der Waals surface area contributed by atoms with Gasteiger partial charge in [-0.1, -0.05) is 19.3 Å². The van der Waals surface area contributed by atoms with Crippen molar-refractivity contribution in [3.8, 4) is 11.1 Å². The van der Waals surface area contributed by atoms with Gasteiger partial charge in [0.15, 0.2) is 0 Å². The zero-order valence-electron chi connectivity index (χ0n) is 15.4. The molecule has 140 valence electrons. The molecule has 27 heavy (non-hydrogen) atoms. The zero-order chi connectivity index (χ0) is 18.6. The van der Waals surface area contributed by atoms with Crippen LogP contribution in [0.2, 0.25) is 0 Å². The Kier molecular flexibility index (Phi) is 4.97. The molecule has 1 aliphatic carbocycles. The van der Waals surface area contributed by atoms with E-state index in [9.17, 15) is 0 Å². The molecule has 0 aromatic carbocycles. The molecule has 8 nitrogen and oxygen atoms in total. The topological polar surface area (TPSA) is 98.4 Å². The van der Waals surface area contributed by atoms with E-state index in [-0.39, 0.29) is 5.95 Å². The lowest BCUT2D eigenvalue weighted by Crippen LogP contribution is -2.26. The SMILES string of the molecule is CNC1CCCCC1.Nc1ncc2c(-c3cnc4nccn4c3)ccn2n1. The highest BCUT2D eigenvalue weighted by Crippen LogP contribution is 2.24. The summed E-state index contributed by atoms with van der Waals surface area (Å²) >= 11 is 0. The van der Waals surface area contributed by atoms with Crippen LogP contribution >= 0.6 is 0 Å². The van der Waals surface area contributed by atoms with Gasteiger partial charge in [0.05, 0.1) is 11.7 Å². The zero-order valence-corrected chi connectivity index (χ0v) is 15.4. The third kappa shape index (κ3) is 3.75. The molecule has 1 saturated carbocycles. The molecule has 0 amide bonds. The third-order valence-electron chi connectivity index (χ3n) is 5.00. The first kappa shape index (κ1) is 17.4. The van der Waals surface area contributed by atoms with Gasteiger partial charge in [0, 0.05) is 48.2 Å². The fourth-order valence-corrected chi connectivity index (χ4v) is 3.50. The molecule has 4 aromatic rings. The molecular weight excluding hydrogens is 340 g/mol. The monoisotopic (exact) mass is 364 g/mol. The van der Waals surface area contributed by atoms with Gasteiger partial charge < -0.3 is 11.1 Å². The second-order valence-corrected chi connectivity index (χ2v) is 6.78. The Morgan fingerprint density at radius 1 is 1.07 bits per heavy atom. The number of imidazole rings is 1. The van der Waals surface area contributed by atoms with Gasteiger partial charge in [-0.25, -0.2) is 19.5 Å². The quantitative estimate of drug-likeness (QED) is 0.567. The average molecular weight is 364 g/mol. The highest BCUT2D eigenvalue weighted by molar-refractivity contribution is 5.79. The van der Waals surface area contributed by atoms with Gasteiger partial charge in [0.1, 0.15) is 0 Å². The normalized spacial score (nSPS) is 15.0. The van der Waals surface area contributed by atoms with E-state index in [1.807, 2.05) is 29.1 Å². The van der Waals surface area contributed by atoms with Gasteiger partial charge in [-0.15, -0.1) is 5.10 Å². The Morgan fingerprint density at radius 2 is 1.93 bits per heavy atom. The molecule has 0 spiro atoms. The summed E-state index contributed by atoms with van der Waals surface area (Å²) in [6.07, 6.45) is 18.0. The molecule has 5 rings (SSSR count). The van der Waals surface area contributed by atoms with E-state index in [0.29, 0.717) is 5.78 Å². The van der Waals surface area contributed by atoms with Crippen LogP contribution in [0.1, 0.15) is 32.1 Å². The van der Waals surface area contributed by atoms with E-state index in [1.165, 1.54) is 32.1 Å². The van der Waals surface area contributed by atoms with Gasteiger partial charge in [0.2, 0.25) is 11.7 Å². The number of rotatable bonds is 2. The summed E-state index contributed by atoms with van der Waals surface area (Å²) < 4.78 is 3.58. The Balaban J connectivity index is 0.000000190. The maximum Gasteiger partial charge on any atom is 0.238 e. The molecule has 1 fully saturated rings. The van der Waals surface area contributed by atoms with Crippen LogP contribution in [0, 0.1) is 0 Å². The number of anilines is 1.